The van der Waals surface area contributed by atoms with Gasteiger partial charge in [-0.25, -0.2) is 0 Å². The second-order valence-corrected chi connectivity index (χ2v) is 6.48. The SMILES string of the molecule is Cc1cc(OCC(=O)Nc2ccc(C(=O)NC3CC3)cc2)ccc1Cl. The van der Waals surface area contributed by atoms with Gasteiger partial charge in [0.15, 0.2) is 6.61 Å². The molecule has 0 atom stereocenters. The van der Waals surface area contributed by atoms with Crippen LogP contribution in [0.2, 0.25) is 5.02 Å². The number of hydrogen-bond acceptors (Lipinski definition) is 3. The van der Waals surface area contributed by atoms with Crippen LogP contribution in [0, 0.1) is 6.92 Å². The van der Waals surface area contributed by atoms with E-state index >= 15 is 0 Å². The molecule has 6 heteroatoms. The minimum Gasteiger partial charge on any atom is -0.484 e. The largest absolute Gasteiger partial charge is 0.484 e. The van der Waals surface area contributed by atoms with Crippen LogP contribution in [-0.2, 0) is 4.79 Å². The zero-order chi connectivity index (χ0) is 17.8. The van der Waals surface area contributed by atoms with E-state index in [0.717, 1.165) is 18.4 Å². The highest BCUT2D eigenvalue weighted by atomic mass is 35.5. The summed E-state index contributed by atoms with van der Waals surface area (Å²) in [4.78, 5) is 23.9. The third-order valence-corrected chi connectivity index (χ3v) is 4.27. The van der Waals surface area contributed by atoms with Crippen LogP contribution >= 0.6 is 11.6 Å². The van der Waals surface area contributed by atoms with Crippen molar-refractivity contribution in [2.75, 3.05) is 11.9 Å². The summed E-state index contributed by atoms with van der Waals surface area (Å²) in [5.74, 6) is 0.230. The van der Waals surface area contributed by atoms with Crippen LogP contribution in [0.15, 0.2) is 42.5 Å². The molecule has 2 amide bonds. The van der Waals surface area contributed by atoms with E-state index in [2.05, 4.69) is 10.6 Å². The van der Waals surface area contributed by atoms with E-state index in [0.29, 0.717) is 28.1 Å². The Morgan fingerprint density at radius 1 is 1.16 bits per heavy atom. The Hall–Kier alpha value is -2.53. The van der Waals surface area contributed by atoms with E-state index in [-0.39, 0.29) is 18.4 Å². The van der Waals surface area contributed by atoms with Gasteiger partial charge in [-0.15, -0.1) is 0 Å². The molecule has 130 valence electrons. The van der Waals surface area contributed by atoms with E-state index in [1.807, 2.05) is 6.92 Å². The number of ether oxygens (including phenoxy) is 1. The Bertz CT molecular complexity index is 786. The lowest BCUT2D eigenvalue weighted by Gasteiger charge is -2.09. The van der Waals surface area contributed by atoms with E-state index in [1.165, 1.54) is 0 Å². The van der Waals surface area contributed by atoms with Gasteiger partial charge in [-0.2, -0.15) is 0 Å². The standard InChI is InChI=1S/C19H19ClN2O3/c1-12-10-16(8-9-17(12)20)25-11-18(23)21-14-4-2-13(3-5-14)19(24)22-15-6-7-15/h2-5,8-10,15H,6-7,11H2,1H3,(H,21,23)(H,22,24). The Morgan fingerprint density at radius 2 is 1.88 bits per heavy atom. The zero-order valence-corrected chi connectivity index (χ0v) is 14.6. The normalized spacial score (nSPS) is 13.2. The first-order valence-electron chi connectivity index (χ1n) is 8.11. The molecular weight excluding hydrogens is 340 g/mol. The quantitative estimate of drug-likeness (QED) is 0.829. The van der Waals surface area contributed by atoms with Crippen molar-refractivity contribution < 1.29 is 14.3 Å². The van der Waals surface area contributed by atoms with Crippen LogP contribution in [0.3, 0.4) is 0 Å². The van der Waals surface area contributed by atoms with Gasteiger partial charge < -0.3 is 15.4 Å². The Balaban J connectivity index is 1.50. The molecule has 0 aromatic heterocycles. The molecule has 5 nitrogen and oxygen atoms in total. The van der Waals surface area contributed by atoms with Gasteiger partial charge >= 0.3 is 0 Å². The van der Waals surface area contributed by atoms with Crippen LogP contribution in [0.5, 0.6) is 5.75 Å². The minimum absolute atomic E-state index is 0.0816. The molecule has 1 aliphatic rings. The van der Waals surface area contributed by atoms with Crippen molar-refractivity contribution in [1.29, 1.82) is 0 Å². The number of benzene rings is 2. The molecule has 2 aromatic carbocycles. The highest BCUT2D eigenvalue weighted by molar-refractivity contribution is 6.31. The molecular formula is C19H19ClN2O3. The van der Waals surface area contributed by atoms with Crippen LogP contribution in [0.25, 0.3) is 0 Å². The Labute approximate surface area is 151 Å². The van der Waals surface area contributed by atoms with Gasteiger partial charge in [0, 0.05) is 22.3 Å². The predicted molar refractivity (Wildman–Crippen MR) is 97.2 cm³/mol. The molecule has 1 fully saturated rings. The van der Waals surface area contributed by atoms with E-state index in [9.17, 15) is 9.59 Å². The molecule has 2 aromatic rings. The molecule has 0 aliphatic heterocycles. The van der Waals surface area contributed by atoms with Crippen molar-refractivity contribution in [3.63, 3.8) is 0 Å². The maximum Gasteiger partial charge on any atom is 0.262 e. The summed E-state index contributed by atoms with van der Waals surface area (Å²) < 4.78 is 5.45. The van der Waals surface area contributed by atoms with Gasteiger partial charge in [0.2, 0.25) is 0 Å². The van der Waals surface area contributed by atoms with Gasteiger partial charge in [-0.3, -0.25) is 9.59 Å². The summed E-state index contributed by atoms with van der Waals surface area (Å²) >= 11 is 5.95. The highest BCUT2D eigenvalue weighted by Gasteiger charge is 2.23. The average molecular weight is 359 g/mol. The number of carbonyl (C=O) groups excluding carboxylic acids is 2. The van der Waals surface area contributed by atoms with Gasteiger partial charge in [0.05, 0.1) is 0 Å². The number of halogens is 1. The monoisotopic (exact) mass is 358 g/mol. The van der Waals surface area contributed by atoms with Crippen molar-refractivity contribution in [3.8, 4) is 5.75 Å². The average Bonchev–Trinajstić information content (AvgIpc) is 3.40. The van der Waals surface area contributed by atoms with Crippen LogP contribution in [0.1, 0.15) is 28.8 Å². The molecule has 0 saturated heterocycles. The van der Waals surface area contributed by atoms with Gasteiger partial charge in [-0.1, -0.05) is 11.6 Å². The van der Waals surface area contributed by atoms with Crippen molar-refractivity contribution in [2.45, 2.75) is 25.8 Å². The molecule has 1 aliphatic carbocycles. The molecule has 0 radical (unpaired) electrons. The predicted octanol–water partition coefficient (Wildman–Crippen LogP) is 3.56. The molecule has 0 bridgehead atoms. The fourth-order valence-corrected chi connectivity index (χ4v) is 2.37. The molecule has 0 unspecified atom stereocenters. The Morgan fingerprint density at radius 3 is 2.52 bits per heavy atom. The van der Waals surface area contributed by atoms with E-state index in [1.54, 1.807) is 42.5 Å². The third kappa shape index (κ3) is 4.97. The zero-order valence-electron chi connectivity index (χ0n) is 13.8. The van der Waals surface area contributed by atoms with E-state index in [4.69, 9.17) is 16.3 Å². The highest BCUT2D eigenvalue weighted by Crippen LogP contribution is 2.21. The lowest BCUT2D eigenvalue weighted by molar-refractivity contribution is -0.118. The number of carbonyl (C=O) groups is 2. The second-order valence-electron chi connectivity index (χ2n) is 6.07. The number of anilines is 1. The van der Waals surface area contributed by atoms with E-state index < -0.39 is 0 Å². The number of hydrogen-bond donors (Lipinski definition) is 2. The lowest BCUT2D eigenvalue weighted by atomic mass is 10.2. The molecule has 3 rings (SSSR count). The van der Waals surface area contributed by atoms with Crippen LogP contribution < -0.4 is 15.4 Å². The fourth-order valence-electron chi connectivity index (χ4n) is 2.25. The first-order chi connectivity index (χ1) is 12.0. The van der Waals surface area contributed by atoms with Crippen molar-refractivity contribution in [3.05, 3.63) is 58.6 Å². The van der Waals surface area contributed by atoms with Gasteiger partial charge in [0.25, 0.3) is 11.8 Å². The Kier molecular flexibility index (Phi) is 5.24. The summed E-state index contributed by atoms with van der Waals surface area (Å²) in [5.41, 5.74) is 2.08. The fraction of sp³-hybridized carbons (Fsp3) is 0.263. The van der Waals surface area contributed by atoms with Crippen molar-refractivity contribution in [2.24, 2.45) is 0 Å². The first-order valence-corrected chi connectivity index (χ1v) is 8.49. The topological polar surface area (TPSA) is 67.4 Å². The number of amides is 2. The summed E-state index contributed by atoms with van der Waals surface area (Å²) in [6.45, 7) is 1.77. The molecule has 25 heavy (non-hydrogen) atoms. The number of rotatable bonds is 6. The first kappa shape index (κ1) is 17.3. The van der Waals surface area contributed by atoms with Gasteiger partial charge in [-0.05, 0) is 67.8 Å². The molecule has 2 N–H and O–H groups in total. The summed E-state index contributed by atoms with van der Waals surface area (Å²) in [6.07, 6.45) is 2.10. The maximum atomic E-state index is 12.0. The number of nitrogens with one attached hydrogen (secondary N) is 2. The second kappa shape index (κ2) is 7.57. The van der Waals surface area contributed by atoms with Crippen molar-refractivity contribution >= 4 is 29.1 Å². The van der Waals surface area contributed by atoms with Crippen LogP contribution in [-0.4, -0.2) is 24.5 Å². The van der Waals surface area contributed by atoms with Gasteiger partial charge in [0.1, 0.15) is 5.75 Å². The summed E-state index contributed by atoms with van der Waals surface area (Å²) in [7, 11) is 0. The van der Waals surface area contributed by atoms with Crippen LogP contribution in [0.4, 0.5) is 5.69 Å². The third-order valence-electron chi connectivity index (χ3n) is 3.84. The van der Waals surface area contributed by atoms with Crippen molar-refractivity contribution in [1.82, 2.24) is 5.32 Å². The smallest absolute Gasteiger partial charge is 0.262 e. The maximum absolute atomic E-state index is 12.0. The summed E-state index contributed by atoms with van der Waals surface area (Å²) in [5, 5.41) is 6.31. The molecule has 1 saturated carbocycles. The minimum atomic E-state index is -0.275. The lowest BCUT2D eigenvalue weighted by Crippen LogP contribution is -2.25. The summed E-state index contributed by atoms with van der Waals surface area (Å²) in [6, 6.07) is 12.3. The number of aryl methyl sites for hydroxylation is 1. The molecule has 0 spiro atoms. The molecule has 0 heterocycles.